The molecule has 0 unspecified atom stereocenters. The molecule has 0 aliphatic heterocycles. The van der Waals surface area contributed by atoms with Crippen molar-refractivity contribution in [1.82, 2.24) is 34.3 Å². The van der Waals surface area contributed by atoms with E-state index in [4.69, 9.17) is 4.98 Å². The minimum Gasteiger partial charge on any atom is -0.307 e. The molecular formula is C20H17N7. The van der Waals surface area contributed by atoms with Crippen LogP contribution in [0.2, 0.25) is 0 Å². The molecule has 0 aliphatic rings. The number of rotatable bonds is 3. The van der Waals surface area contributed by atoms with Crippen LogP contribution in [0.1, 0.15) is 11.4 Å². The average Bonchev–Trinajstić information content (AvgIpc) is 3.25. The van der Waals surface area contributed by atoms with E-state index >= 15 is 0 Å². The van der Waals surface area contributed by atoms with Crippen molar-refractivity contribution in [2.24, 2.45) is 7.05 Å². The van der Waals surface area contributed by atoms with E-state index in [1.54, 1.807) is 17.1 Å². The van der Waals surface area contributed by atoms with E-state index in [0.29, 0.717) is 12.2 Å². The average molecular weight is 355 g/mol. The summed E-state index contributed by atoms with van der Waals surface area (Å²) in [5.74, 6) is 0.889. The standard InChI is InChI=1S/C20H17N7/c1-13-24-19-20(25-18(10-22-19)16-9-23-26(2)12-16)27(13)11-14-5-6-17-15(8-14)4-3-7-21-17/h3-10,12H,11H2,1-2H3. The lowest BCUT2D eigenvalue weighted by Crippen LogP contribution is -2.03. The van der Waals surface area contributed by atoms with Crippen LogP contribution >= 0.6 is 0 Å². The summed E-state index contributed by atoms with van der Waals surface area (Å²) >= 11 is 0. The number of benzene rings is 1. The number of fused-ring (bicyclic) bond motifs is 2. The van der Waals surface area contributed by atoms with Gasteiger partial charge in [-0.1, -0.05) is 12.1 Å². The number of aromatic nitrogens is 7. The predicted octanol–water partition coefficient (Wildman–Crippen LogP) is 3.13. The zero-order valence-corrected chi connectivity index (χ0v) is 15.0. The molecule has 132 valence electrons. The Morgan fingerprint density at radius 3 is 2.81 bits per heavy atom. The fourth-order valence-electron chi connectivity index (χ4n) is 3.29. The maximum absolute atomic E-state index is 4.81. The molecule has 27 heavy (non-hydrogen) atoms. The van der Waals surface area contributed by atoms with Gasteiger partial charge in [0.2, 0.25) is 0 Å². The van der Waals surface area contributed by atoms with Crippen LogP contribution < -0.4 is 0 Å². The van der Waals surface area contributed by atoms with Gasteiger partial charge in [0.05, 0.1) is 30.1 Å². The Balaban J connectivity index is 1.59. The van der Waals surface area contributed by atoms with Gasteiger partial charge in [-0.2, -0.15) is 5.10 Å². The van der Waals surface area contributed by atoms with Crippen molar-refractivity contribution < 1.29 is 0 Å². The summed E-state index contributed by atoms with van der Waals surface area (Å²) in [5, 5.41) is 5.34. The molecule has 0 amide bonds. The second kappa shape index (κ2) is 5.98. The molecule has 0 N–H and O–H groups in total. The van der Waals surface area contributed by atoms with E-state index in [1.807, 2.05) is 38.5 Å². The topological polar surface area (TPSA) is 74.3 Å². The van der Waals surface area contributed by atoms with Crippen LogP contribution in [0.15, 0.2) is 55.1 Å². The fourth-order valence-corrected chi connectivity index (χ4v) is 3.29. The molecular weight excluding hydrogens is 338 g/mol. The Labute approximate surface area is 155 Å². The van der Waals surface area contributed by atoms with Gasteiger partial charge in [0.25, 0.3) is 0 Å². The molecule has 0 spiro atoms. The molecule has 0 aliphatic carbocycles. The fraction of sp³-hybridized carbons (Fsp3) is 0.150. The molecule has 0 atom stereocenters. The lowest BCUT2D eigenvalue weighted by molar-refractivity contribution is 0.768. The molecule has 0 bridgehead atoms. The van der Waals surface area contributed by atoms with E-state index < -0.39 is 0 Å². The molecule has 0 saturated carbocycles. The summed E-state index contributed by atoms with van der Waals surface area (Å²) < 4.78 is 3.85. The highest BCUT2D eigenvalue weighted by Crippen LogP contribution is 2.21. The molecule has 5 rings (SSSR count). The molecule has 0 fully saturated rings. The second-order valence-corrected chi connectivity index (χ2v) is 6.58. The maximum atomic E-state index is 4.81. The molecule has 1 aromatic carbocycles. The Morgan fingerprint density at radius 2 is 1.96 bits per heavy atom. The summed E-state index contributed by atoms with van der Waals surface area (Å²) in [6.45, 7) is 2.66. The van der Waals surface area contributed by atoms with Crippen LogP contribution in [0, 0.1) is 6.92 Å². The Kier molecular flexibility index (Phi) is 3.46. The molecule has 4 aromatic heterocycles. The number of hydrogen-bond donors (Lipinski definition) is 0. The SMILES string of the molecule is Cc1nc2ncc(-c3cnn(C)c3)nc2n1Cc1ccc2ncccc2c1. The number of nitrogens with zero attached hydrogens (tertiary/aromatic N) is 7. The van der Waals surface area contributed by atoms with Gasteiger partial charge in [-0.3, -0.25) is 9.67 Å². The van der Waals surface area contributed by atoms with Gasteiger partial charge in [0.15, 0.2) is 11.3 Å². The van der Waals surface area contributed by atoms with Gasteiger partial charge < -0.3 is 4.57 Å². The zero-order chi connectivity index (χ0) is 18.4. The van der Waals surface area contributed by atoms with Crippen molar-refractivity contribution in [2.45, 2.75) is 13.5 Å². The van der Waals surface area contributed by atoms with E-state index in [9.17, 15) is 0 Å². The van der Waals surface area contributed by atoms with Gasteiger partial charge in [0.1, 0.15) is 5.82 Å². The van der Waals surface area contributed by atoms with Crippen LogP contribution in [0.4, 0.5) is 0 Å². The lowest BCUT2D eigenvalue weighted by atomic mass is 10.1. The Morgan fingerprint density at radius 1 is 1.04 bits per heavy atom. The smallest absolute Gasteiger partial charge is 0.197 e. The van der Waals surface area contributed by atoms with E-state index in [-0.39, 0.29) is 0 Å². The highest BCUT2D eigenvalue weighted by molar-refractivity contribution is 5.79. The Bertz CT molecular complexity index is 1280. The van der Waals surface area contributed by atoms with Crippen LogP contribution in [-0.4, -0.2) is 34.3 Å². The van der Waals surface area contributed by atoms with Crippen LogP contribution in [0.3, 0.4) is 0 Å². The Hall–Kier alpha value is -3.61. The molecule has 7 heteroatoms. The summed E-state index contributed by atoms with van der Waals surface area (Å²) in [4.78, 5) is 18.3. The predicted molar refractivity (Wildman–Crippen MR) is 103 cm³/mol. The number of hydrogen-bond acceptors (Lipinski definition) is 5. The first-order chi connectivity index (χ1) is 13.2. The molecule has 0 saturated heterocycles. The third-order valence-electron chi connectivity index (χ3n) is 4.66. The van der Waals surface area contributed by atoms with Gasteiger partial charge in [0, 0.05) is 30.4 Å². The van der Waals surface area contributed by atoms with Crippen molar-refractivity contribution >= 4 is 22.2 Å². The third kappa shape index (κ3) is 2.73. The minimum absolute atomic E-state index is 0.655. The number of pyridine rings is 1. The summed E-state index contributed by atoms with van der Waals surface area (Å²) in [6, 6.07) is 10.3. The lowest BCUT2D eigenvalue weighted by Gasteiger charge is -2.08. The second-order valence-electron chi connectivity index (χ2n) is 6.58. The number of imidazole rings is 1. The quantitative estimate of drug-likeness (QED) is 0.497. The molecule has 0 radical (unpaired) electrons. The van der Waals surface area contributed by atoms with Gasteiger partial charge in [-0.25, -0.2) is 15.0 Å². The molecule has 7 nitrogen and oxygen atoms in total. The van der Waals surface area contributed by atoms with Gasteiger partial charge >= 0.3 is 0 Å². The van der Waals surface area contributed by atoms with Gasteiger partial charge in [-0.05, 0) is 30.7 Å². The highest BCUT2D eigenvalue weighted by atomic mass is 15.2. The maximum Gasteiger partial charge on any atom is 0.197 e. The zero-order valence-electron chi connectivity index (χ0n) is 15.0. The highest BCUT2D eigenvalue weighted by Gasteiger charge is 2.13. The van der Waals surface area contributed by atoms with Crippen molar-refractivity contribution in [3.8, 4) is 11.3 Å². The first kappa shape index (κ1) is 15.6. The van der Waals surface area contributed by atoms with E-state index in [1.165, 1.54) is 5.56 Å². The minimum atomic E-state index is 0.655. The first-order valence-electron chi connectivity index (χ1n) is 8.70. The van der Waals surface area contributed by atoms with Crippen molar-refractivity contribution in [3.05, 3.63) is 66.5 Å². The van der Waals surface area contributed by atoms with Crippen LogP contribution in [0.5, 0.6) is 0 Å². The summed E-state index contributed by atoms with van der Waals surface area (Å²) in [7, 11) is 1.89. The first-order valence-corrected chi connectivity index (χ1v) is 8.70. The normalized spacial score (nSPS) is 11.5. The van der Waals surface area contributed by atoms with Gasteiger partial charge in [-0.15, -0.1) is 0 Å². The van der Waals surface area contributed by atoms with Crippen LogP contribution in [-0.2, 0) is 13.6 Å². The monoisotopic (exact) mass is 355 g/mol. The molecule has 5 aromatic rings. The van der Waals surface area contributed by atoms with Crippen molar-refractivity contribution in [1.29, 1.82) is 0 Å². The van der Waals surface area contributed by atoms with E-state index in [0.717, 1.165) is 33.6 Å². The summed E-state index contributed by atoms with van der Waals surface area (Å²) in [6.07, 6.45) is 7.28. The third-order valence-corrected chi connectivity index (χ3v) is 4.66. The van der Waals surface area contributed by atoms with E-state index in [2.05, 4.69) is 42.8 Å². The summed E-state index contributed by atoms with van der Waals surface area (Å²) in [5.41, 5.74) is 5.33. The van der Waals surface area contributed by atoms with Crippen molar-refractivity contribution in [3.63, 3.8) is 0 Å². The largest absolute Gasteiger partial charge is 0.307 e. The molecule has 4 heterocycles. The van der Waals surface area contributed by atoms with Crippen LogP contribution in [0.25, 0.3) is 33.5 Å². The number of aryl methyl sites for hydroxylation is 2. The van der Waals surface area contributed by atoms with Crippen molar-refractivity contribution in [2.75, 3.05) is 0 Å².